The van der Waals surface area contributed by atoms with E-state index in [1.165, 1.54) is 37.2 Å². The number of amides is 1. The topological polar surface area (TPSA) is 60.0 Å². The Morgan fingerprint density at radius 3 is 2.29 bits per heavy atom. The van der Waals surface area contributed by atoms with Crippen LogP contribution in [-0.4, -0.2) is 56.5 Å². The minimum absolute atomic E-state index is 0. The van der Waals surface area contributed by atoms with Gasteiger partial charge in [-0.2, -0.15) is 0 Å². The normalized spacial score (nSPS) is 18.5. The van der Waals surface area contributed by atoms with Gasteiger partial charge in [0.2, 0.25) is 5.91 Å². The Kier molecular flexibility index (Phi) is 10.9. The molecule has 0 atom stereocenters. The first-order valence-corrected chi connectivity index (χ1v) is 11.7. The number of nitrogens with one attached hydrogen (secondary N) is 2. The van der Waals surface area contributed by atoms with E-state index in [2.05, 4.69) is 58.5 Å². The number of hydrogen-bond acceptors (Lipinski definition) is 3. The molecule has 0 radical (unpaired) electrons. The van der Waals surface area contributed by atoms with E-state index in [0.717, 1.165) is 44.4 Å². The Balaban J connectivity index is 0.00000341. The van der Waals surface area contributed by atoms with Gasteiger partial charge in [-0.25, -0.2) is 4.99 Å². The maximum absolute atomic E-state index is 11.6. The molecular weight excluding hydrogens is 501 g/mol. The minimum Gasteiger partial charge on any atom is -0.372 e. The van der Waals surface area contributed by atoms with Gasteiger partial charge in [0.1, 0.15) is 0 Å². The molecule has 0 bridgehead atoms. The zero-order valence-corrected chi connectivity index (χ0v) is 21.7. The van der Waals surface area contributed by atoms with Crippen molar-refractivity contribution in [3.63, 3.8) is 0 Å². The molecule has 2 N–H and O–H groups in total. The Bertz CT molecular complexity index is 692. The molecule has 174 valence electrons. The van der Waals surface area contributed by atoms with Gasteiger partial charge in [0.25, 0.3) is 0 Å². The highest BCUT2D eigenvalue weighted by molar-refractivity contribution is 14.0. The van der Waals surface area contributed by atoms with Gasteiger partial charge in [-0.1, -0.05) is 19.1 Å². The molecule has 2 heterocycles. The number of likely N-dealkylation sites (tertiary alicyclic amines) is 1. The van der Waals surface area contributed by atoms with Crippen LogP contribution in [0.25, 0.3) is 0 Å². The van der Waals surface area contributed by atoms with Crippen molar-refractivity contribution in [3.8, 4) is 0 Å². The molecule has 1 aromatic rings. The van der Waals surface area contributed by atoms with E-state index in [1.807, 2.05) is 0 Å². The number of benzene rings is 1. The molecule has 7 heteroatoms. The first-order chi connectivity index (χ1) is 14.6. The van der Waals surface area contributed by atoms with Crippen molar-refractivity contribution in [1.82, 2.24) is 15.5 Å². The summed E-state index contributed by atoms with van der Waals surface area (Å²) in [6.07, 6.45) is 5.30. The summed E-state index contributed by atoms with van der Waals surface area (Å²) >= 11 is 0. The molecule has 0 aliphatic carbocycles. The number of carbonyl (C=O) groups is 1. The number of carbonyl (C=O) groups excluding carboxylic acids is 1. The maximum atomic E-state index is 11.6. The van der Waals surface area contributed by atoms with Gasteiger partial charge in [-0.3, -0.25) is 4.79 Å². The average molecular weight is 542 g/mol. The predicted molar refractivity (Wildman–Crippen MR) is 140 cm³/mol. The summed E-state index contributed by atoms with van der Waals surface area (Å²) in [5, 5.41) is 6.19. The quantitative estimate of drug-likeness (QED) is 0.327. The molecule has 3 rings (SSSR count). The lowest BCUT2D eigenvalue weighted by atomic mass is 9.93. The lowest BCUT2D eigenvalue weighted by Crippen LogP contribution is -2.46. The molecule has 1 amide bonds. The molecule has 0 aromatic heterocycles. The van der Waals surface area contributed by atoms with Crippen LogP contribution in [0.4, 0.5) is 5.69 Å². The highest BCUT2D eigenvalue weighted by Crippen LogP contribution is 2.24. The van der Waals surface area contributed by atoms with Gasteiger partial charge >= 0.3 is 0 Å². The first kappa shape index (κ1) is 25.7. The number of nitrogens with zero attached hydrogens (tertiary/aromatic N) is 3. The van der Waals surface area contributed by atoms with Gasteiger partial charge < -0.3 is 20.4 Å². The van der Waals surface area contributed by atoms with E-state index >= 15 is 0 Å². The van der Waals surface area contributed by atoms with Crippen LogP contribution in [0.1, 0.15) is 51.5 Å². The standard InChI is InChI=1S/C24H39N5O.HI/c1-4-26-24(29-15-11-20(12-16-29)17-23(30)25-3)27-18-21-5-7-22(8-6-21)28-13-9-19(2)10-14-28;/h5-8,19-20H,4,9-18H2,1-3H3,(H,25,30)(H,26,27);1H. The Labute approximate surface area is 205 Å². The van der Waals surface area contributed by atoms with Crippen LogP contribution in [-0.2, 0) is 11.3 Å². The SMILES string of the molecule is CCNC(=NCc1ccc(N2CCC(C)CC2)cc1)N1CCC(CC(=O)NC)CC1.I. The number of piperidine rings is 2. The van der Waals surface area contributed by atoms with Gasteiger partial charge in [-0.15, -0.1) is 24.0 Å². The summed E-state index contributed by atoms with van der Waals surface area (Å²) in [6.45, 7) is 10.3. The lowest BCUT2D eigenvalue weighted by molar-refractivity contribution is -0.121. The summed E-state index contributed by atoms with van der Waals surface area (Å²) < 4.78 is 0. The molecular formula is C24H40IN5O. The van der Waals surface area contributed by atoms with Gasteiger partial charge in [-0.05, 0) is 62.1 Å². The molecule has 0 saturated carbocycles. The monoisotopic (exact) mass is 541 g/mol. The van der Waals surface area contributed by atoms with Crippen LogP contribution in [0, 0.1) is 11.8 Å². The number of rotatable bonds is 6. The summed E-state index contributed by atoms with van der Waals surface area (Å²) in [4.78, 5) is 21.4. The van der Waals surface area contributed by atoms with Crippen LogP contribution >= 0.6 is 24.0 Å². The second-order valence-electron chi connectivity index (χ2n) is 8.81. The first-order valence-electron chi connectivity index (χ1n) is 11.7. The number of hydrogen-bond donors (Lipinski definition) is 2. The van der Waals surface area contributed by atoms with E-state index in [4.69, 9.17) is 4.99 Å². The average Bonchev–Trinajstić information content (AvgIpc) is 2.78. The zero-order valence-electron chi connectivity index (χ0n) is 19.4. The second kappa shape index (κ2) is 13.1. The van der Waals surface area contributed by atoms with E-state index in [0.29, 0.717) is 18.9 Å². The minimum atomic E-state index is 0. The summed E-state index contributed by atoms with van der Waals surface area (Å²) in [6, 6.07) is 8.93. The highest BCUT2D eigenvalue weighted by atomic mass is 127. The van der Waals surface area contributed by atoms with Crippen LogP contribution in [0.3, 0.4) is 0 Å². The molecule has 2 aliphatic rings. The molecule has 0 unspecified atom stereocenters. The van der Waals surface area contributed by atoms with Gasteiger partial charge in [0.05, 0.1) is 6.54 Å². The van der Waals surface area contributed by atoms with Crippen molar-refractivity contribution in [1.29, 1.82) is 0 Å². The summed E-state index contributed by atoms with van der Waals surface area (Å²) in [5.41, 5.74) is 2.58. The summed E-state index contributed by atoms with van der Waals surface area (Å²) in [7, 11) is 1.72. The van der Waals surface area contributed by atoms with Gasteiger partial charge in [0, 0.05) is 51.9 Å². The van der Waals surface area contributed by atoms with Crippen LogP contribution < -0.4 is 15.5 Å². The van der Waals surface area contributed by atoms with Crippen molar-refractivity contribution in [3.05, 3.63) is 29.8 Å². The second-order valence-corrected chi connectivity index (χ2v) is 8.81. The van der Waals surface area contributed by atoms with Crippen LogP contribution in [0.15, 0.2) is 29.3 Å². The smallest absolute Gasteiger partial charge is 0.220 e. The molecule has 2 fully saturated rings. The number of anilines is 1. The Hall–Kier alpha value is -1.51. The molecule has 0 spiro atoms. The van der Waals surface area contributed by atoms with Crippen molar-refractivity contribution in [2.24, 2.45) is 16.8 Å². The van der Waals surface area contributed by atoms with Crippen LogP contribution in [0.5, 0.6) is 0 Å². The summed E-state index contributed by atoms with van der Waals surface area (Å²) in [5.74, 6) is 2.48. The molecule has 1 aromatic carbocycles. The number of aliphatic imine (C=N–C) groups is 1. The van der Waals surface area contributed by atoms with E-state index < -0.39 is 0 Å². The van der Waals surface area contributed by atoms with E-state index in [1.54, 1.807) is 7.05 Å². The number of guanidine groups is 1. The van der Waals surface area contributed by atoms with Crippen molar-refractivity contribution < 1.29 is 4.79 Å². The highest BCUT2D eigenvalue weighted by Gasteiger charge is 2.23. The lowest BCUT2D eigenvalue weighted by Gasteiger charge is -2.34. The number of halogens is 1. The third-order valence-electron chi connectivity index (χ3n) is 6.50. The van der Waals surface area contributed by atoms with Crippen molar-refractivity contribution >= 4 is 41.5 Å². The maximum Gasteiger partial charge on any atom is 0.220 e. The van der Waals surface area contributed by atoms with Gasteiger partial charge in [0.15, 0.2) is 5.96 Å². The molecule has 2 aliphatic heterocycles. The zero-order chi connectivity index (χ0) is 21.3. The fraction of sp³-hybridized carbons (Fsp3) is 0.667. The van der Waals surface area contributed by atoms with E-state index in [9.17, 15) is 4.79 Å². The molecule has 31 heavy (non-hydrogen) atoms. The largest absolute Gasteiger partial charge is 0.372 e. The third kappa shape index (κ3) is 7.84. The van der Waals surface area contributed by atoms with E-state index in [-0.39, 0.29) is 29.9 Å². The molecule has 6 nitrogen and oxygen atoms in total. The third-order valence-corrected chi connectivity index (χ3v) is 6.50. The fourth-order valence-corrected chi connectivity index (χ4v) is 4.38. The predicted octanol–water partition coefficient (Wildman–Crippen LogP) is 3.85. The Morgan fingerprint density at radius 2 is 1.71 bits per heavy atom. The fourth-order valence-electron chi connectivity index (χ4n) is 4.38. The van der Waals surface area contributed by atoms with Crippen LogP contribution in [0.2, 0.25) is 0 Å². The van der Waals surface area contributed by atoms with Crippen molar-refractivity contribution in [2.75, 3.05) is 44.7 Å². The van der Waals surface area contributed by atoms with Crippen molar-refractivity contribution in [2.45, 2.75) is 52.5 Å². The molecule has 2 saturated heterocycles. The Morgan fingerprint density at radius 1 is 1.06 bits per heavy atom.